The van der Waals surface area contributed by atoms with Crippen molar-refractivity contribution in [3.63, 3.8) is 0 Å². The molecule has 0 radical (unpaired) electrons. The van der Waals surface area contributed by atoms with E-state index in [2.05, 4.69) is 16.0 Å². The molecule has 1 saturated heterocycles. The summed E-state index contributed by atoms with van der Waals surface area (Å²) >= 11 is 0. The monoisotopic (exact) mass is 241 g/mol. The Hall–Kier alpha value is -1.89. The van der Waals surface area contributed by atoms with Crippen LogP contribution in [0.15, 0.2) is 11.1 Å². The van der Waals surface area contributed by atoms with Crippen LogP contribution in [0.1, 0.15) is 6.92 Å². The molecular formula is C10H15N3O4. The fourth-order valence-corrected chi connectivity index (χ4v) is 1.21. The quantitative estimate of drug-likeness (QED) is 0.426. The van der Waals surface area contributed by atoms with Crippen molar-refractivity contribution >= 4 is 17.8 Å². The van der Waals surface area contributed by atoms with Gasteiger partial charge in [-0.25, -0.2) is 0 Å². The Morgan fingerprint density at radius 3 is 2.35 bits per heavy atom. The fourth-order valence-electron chi connectivity index (χ4n) is 1.21. The molecule has 1 rings (SSSR count). The highest BCUT2D eigenvalue weighted by Crippen LogP contribution is 2.08. The van der Waals surface area contributed by atoms with Gasteiger partial charge >= 0.3 is 5.97 Å². The van der Waals surface area contributed by atoms with Gasteiger partial charge in [-0.3, -0.25) is 14.4 Å². The number of carbonyl (C=O) groups is 3. The topological polar surface area (TPSA) is 108 Å². The zero-order chi connectivity index (χ0) is 12.8. The summed E-state index contributed by atoms with van der Waals surface area (Å²) in [6.45, 7) is 2.43. The second-order valence-corrected chi connectivity index (χ2v) is 3.69. The van der Waals surface area contributed by atoms with Gasteiger partial charge in [0.25, 0.3) is 0 Å². The van der Waals surface area contributed by atoms with Crippen LogP contribution in [0, 0.1) is 0 Å². The Morgan fingerprint density at radius 1 is 1.24 bits per heavy atom. The third kappa shape index (κ3) is 4.23. The van der Waals surface area contributed by atoms with Crippen molar-refractivity contribution in [1.82, 2.24) is 16.0 Å². The molecule has 1 aliphatic rings. The molecule has 7 nitrogen and oxygen atoms in total. The van der Waals surface area contributed by atoms with Crippen molar-refractivity contribution in [2.24, 2.45) is 0 Å². The number of rotatable bonds is 5. The molecule has 1 aliphatic heterocycles. The van der Waals surface area contributed by atoms with Crippen LogP contribution in [0.4, 0.5) is 0 Å². The number of carbonyl (C=O) groups excluding carboxylic acids is 2. The van der Waals surface area contributed by atoms with Crippen molar-refractivity contribution in [1.29, 1.82) is 0 Å². The summed E-state index contributed by atoms with van der Waals surface area (Å²) in [6, 6.07) is 0. The van der Waals surface area contributed by atoms with Gasteiger partial charge in [0.15, 0.2) is 0 Å². The molecule has 1 fully saturated rings. The molecule has 0 aromatic rings. The number of hydrogen-bond acceptors (Lipinski definition) is 4. The fraction of sp³-hybridized carbons (Fsp3) is 0.500. The predicted molar refractivity (Wildman–Crippen MR) is 59.2 cm³/mol. The second kappa shape index (κ2) is 6.00. The van der Waals surface area contributed by atoms with E-state index in [1.54, 1.807) is 6.92 Å². The summed E-state index contributed by atoms with van der Waals surface area (Å²) in [5, 5.41) is 15.9. The molecule has 0 aliphatic carbocycles. The van der Waals surface area contributed by atoms with E-state index >= 15 is 0 Å². The largest absolute Gasteiger partial charge is 0.480 e. The predicted octanol–water partition coefficient (Wildman–Crippen LogP) is -1.78. The average molecular weight is 241 g/mol. The molecule has 7 heteroatoms. The zero-order valence-corrected chi connectivity index (χ0v) is 9.50. The van der Waals surface area contributed by atoms with Gasteiger partial charge in [0.1, 0.15) is 6.54 Å². The number of amides is 2. The van der Waals surface area contributed by atoms with E-state index in [1.165, 1.54) is 0 Å². The van der Waals surface area contributed by atoms with Crippen LogP contribution >= 0.6 is 0 Å². The number of carboxylic acid groups (broad SMARTS) is 1. The summed E-state index contributed by atoms with van der Waals surface area (Å²) < 4.78 is 0. The first-order chi connectivity index (χ1) is 8.00. The van der Waals surface area contributed by atoms with Crippen LogP contribution in [0.3, 0.4) is 0 Å². The normalized spacial score (nSPS) is 13.6. The van der Waals surface area contributed by atoms with Gasteiger partial charge < -0.3 is 21.1 Å². The number of carboxylic acids is 1. The van der Waals surface area contributed by atoms with Crippen molar-refractivity contribution < 1.29 is 19.5 Å². The van der Waals surface area contributed by atoms with Gasteiger partial charge in [0, 0.05) is 18.7 Å². The maximum atomic E-state index is 11.5. The average Bonchev–Trinajstić information content (AvgIpc) is 2.20. The van der Waals surface area contributed by atoms with Gasteiger partial charge in [-0.05, 0) is 12.5 Å². The zero-order valence-electron chi connectivity index (χ0n) is 9.50. The molecule has 0 atom stereocenters. The molecule has 4 N–H and O–H groups in total. The number of nitrogens with one attached hydrogen (secondary N) is 3. The highest BCUT2D eigenvalue weighted by Gasteiger charge is 2.16. The van der Waals surface area contributed by atoms with Crippen LogP contribution in [-0.2, 0) is 14.4 Å². The van der Waals surface area contributed by atoms with E-state index in [4.69, 9.17) is 5.11 Å². The molecule has 0 spiro atoms. The molecule has 1 heterocycles. The van der Waals surface area contributed by atoms with Gasteiger partial charge in [-0.2, -0.15) is 0 Å². The van der Waals surface area contributed by atoms with E-state index in [-0.39, 0.29) is 12.5 Å². The molecule has 2 amide bonds. The molecule has 0 aromatic carbocycles. The van der Waals surface area contributed by atoms with Crippen molar-refractivity contribution in [2.45, 2.75) is 6.92 Å². The first kappa shape index (κ1) is 13.2. The summed E-state index contributed by atoms with van der Waals surface area (Å²) in [6.07, 6.45) is 0. The van der Waals surface area contributed by atoms with Gasteiger partial charge in [0.2, 0.25) is 11.8 Å². The maximum Gasteiger partial charge on any atom is 0.322 e. The Labute approximate surface area is 98.3 Å². The maximum absolute atomic E-state index is 11.5. The van der Waals surface area contributed by atoms with E-state index in [9.17, 15) is 14.4 Å². The summed E-state index contributed by atoms with van der Waals surface area (Å²) in [5.74, 6) is -1.94. The van der Waals surface area contributed by atoms with Crippen LogP contribution in [0.5, 0.6) is 0 Å². The van der Waals surface area contributed by atoms with Crippen LogP contribution in [0.25, 0.3) is 0 Å². The molecule has 0 aromatic heterocycles. The van der Waals surface area contributed by atoms with E-state index in [0.717, 1.165) is 5.57 Å². The van der Waals surface area contributed by atoms with E-state index < -0.39 is 18.4 Å². The summed E-state index contributed by atoms with van der Waals surface area (Å²) in [7, 11) is 0. The first-order valence-electron chi connectivity index (χ1n) is 5.16. The number of hydrogen-bond donors (Lipinski definition) is 4. The minimum absolute atomic E-state index is 0.218. The lowest BCUT2D eigenvalue weighted by molar-refractivity contribution is -0.137. The summed E-state index contributed by atoms with van der Waals surface area (Å²) in [4.78, 5) is 32.8. The molecule has 17 heavy (non-hydrogen) atoms. The smallest absolute Gasteiger partial charge is 0.322 e. The lowest BCUT2D eigenvalue weighted by Gasteiger charge is -2.21. The van der Waals surface area contributed by atoms with E-state index in [1.807, 2.05) is 0 Å². The lowest BCUT2D eigenvalue weighted by Crippen LogP contribution is -2.41. The highest BCUT2D eigenvalue weighted by atomic mass is 16.4. The Bertz CT molecular complexity index is 370. The van der Waals surface area contributed by atoms with Crippen LogP contribution < -0.4 is 16.0 Å². The third-order valence-electron chi connectivity index (χ3n) is 2.39. The number of aliphatic carboxylic acids is 1. The highest BCUT2D eigenvalue weighted by molar-refractivity contribution is 5.96. The van der Waals surface area contributed by atoms with Gasteiger partial charge in [-0.15, -0.1) is 0 Å². The molecule has 0 bridgehead atoms. The molecule has 0 unspecified atom stereocenters. The SMILES string of the molecule is CC(C(=O)NCC(=O)NCC(=O)O)=C1CNC1. The van der Waals surface area contributed by atoms with Crippen molar-refractivity contribution in [3.8, 4) is 0 Å². The van der Waals surface area contributed by atoms with E-state index in [0.29, 0.717) is 18.7 Å². The Morgan fingerprint density at radius 2 is 1.88 bits per heavy atom. The van der Waals surface area contributed by atoms with Crippen molar-refractivity contribution in [2.75, 3.05) is 26.2 Å². The Kier molecular flexibility index (Phi) is 4.65. The molecule has 94 valence electrons. The molecule has 0 saturated carbocycles. The third-order valence-corrected chi connectivity index (χ3v) is 2.39. The minimum Gasteiger partial charge on any atom is -0.480 e. The van der Waals surface area contributed by atoms with Crippen molar-refractivity contribution in [3.05, 3.63) is 11.1 Å². The van der Waals surface area contributed by atoms with Gasteiger partial charge in [-0.1, -0.05) is 0 Å². The van der Waals surface area contributed by atoms with Crippen LogP contribution in [0.2, 0.25) is 0 Å². The second-order valence-electron chi connectivity index (χ2n) is 3.69. The first-order valence-corrected chi connectivity index (χ1v) is 5.16. The lowest BCUT2D eigenvalue weighted by atomic mass is 10.0. The van der Waals surface area contributed by atoms with Crippen LogP contribution in [-0.4, -0.2) is 49.1 Å². The minimum atomic E-state index is -1.12. The van der Waals surface area contributed by atoms with Gasteiger partial charge in [0.05, 0.1) is 6.54 Å². The Balaban J connectivity index is 2.28. The molecular weight excluding hydrogens is 226 g/mol. The standard InChI is InChI=1S/C10H15N3O4/c1-6(7-2-11-3-7)10(17)13-4-8(14)12-5-9(15)16/h11H,2-5H2,1H3,(H,12,14)(H,13,17)(H,15,16). The summed E-state index contributed by atoms with van der Waals surface area (Å²) in [5.41, 5.74) is 1.63.